The quantitative estimate of drug-likeness (QED) is 0.492. The van der Waals surface area contributed by atoms with Gasteiger partial charge in [-0.3, -0.25) is 4.79 Å². The molecule has 1 nitrogen and oxygen atoms in total. The van der Waals surface area contributed by atoms with Crippen LogP contribution in [0.25, 0.3) is 0 Å². The zero-order valence-corrected chi connectivity index (χ0v) is 8.47. The Labute approximate surface area is 77.2 Å². The molecule has 0 saturated carbocycles. The van der Waals surface area contributed by atoms with Crippen molar-refractivity contribution in [3.05, 3.63) is 11.0 Å². The van der Waals surface area contributed by atoms with Gasteiger partial charge in [-0.2, -0.15) is 0 Å². The van der Waals surface area contributed by atoms with E-state index in [0.29, 0.717) is 12.3 Å². The molecule has 0 aliphatic heterocycles. The van der Waals surface area contributed by atoms with E-state index in [0.717, 1.165) is 11.3 Å². The monoisotopic (exact) mass is 192 g/mol. The number of carbonyl (C=O) groups is 1. The van der Waals surface area contributed by atoms with E-state index in [2.05, 4.69) is 0 Å². The molecule has 3 heteroatoms. The molecule has 0 aromatic heterocycles. The van der Waals surface area contributed by atoms with Gasteiger partial charge in [-0.15, -0.1) is 23.4 Å². The molecule has 0 rings (SSSR count). The first-order valence-corrected chi connectivity index (χ1v) is 5.31. The van der Waals surface area contributed by atoms with Crippen LogP contribution in [0, 0.1) is 0 Å². The maximum Gasteiger partial charge on any atom is 0.168 e. The number of Topliss-reactive ketones (excluding diaryl/α,β-unsaturated/α-hetero) is 1. The molecule has 0 aliphatic carbocycles. The van der Waals surface area contributed by atoms with Crippen LogP contribution in [-0.4, -0.2) is 17.9 Å². The Morgan fingerprint density at radius 1 is 1.64 bits per heavy atom. The van der Waals surface area contributed by atoms with Gasteiger partial charge in [0.15, 0.2) is 5.78 Å². The lowest BCUT2D eigenvalue weighted by atomic mass is 10.2. The van der Waals surface area contributed by atoms with Gasteiger partial charge in [0.05, 0.1) is 0 Å². The summed E-state index contributed by atoms with van der Waals surface area (Å²) in [5, 5.41) is 0. The number of hydrogen-bond acceptors (Lipinski definition) is 2. The lowest BCUT2D eigenvalue weighted by Gasteiger charge is -1.99. The van der Waals surface area contributed by atoms with Crippen molar-refractivity contribution >= 4 is 29.1 Å². The van der Waals surface area contributed by atoms with Crippen molar-refractivity contribution in [2.45, 2.75) is 19.8 Å². The number of halogens is 1. The van der Waals surface area contributed by atoms with Gasteiger partial charge in [0, 0.05) is 17.2 Å². The Hall–Kier alpha value is 0.0500. The SMILES string of the molecule is C/C=C(\SC)C(=O)CCCCl. The molecule has 0 unspecified atom stereocenters. The average molecular weight is 193 g/mol. The molecule has 11 heavy (non-hydrogen) atoms. The minimum atomic E-state index is 0.209. The summed E-state index contributed by atoms with van der Waals surface area (Å²) in [5.74, 6) is 0.776. The smallest absolute Gasteiger partial charge is 0.168 e. The third-order valence-corrected chi connectivity index (χ3v) is 2.46. The van der Waals surface area contributed by atoms with E-state index >= 15 is 0 Å². The van der Waals surface area contributed by atoms with Crippen molar-refractivity contribution in [3.63, 3.8) is 0 Å². The van der Waals surface area contributed by atoms with E-state index in [-0.39, 0.29) is 5.78 Å². The van der Waals surface area contributed by atoms with Crippen LogP contribution < -0.4 is 0 Å². The summed E-state index contributed by atoms with van der Waals surface area (Å²) >= 11 is 6.96. The summed E-state index contributed by atoms with van der Waals surface area (Å²) in [6.07, 6.45) is 5.11. The molecular weight excluding hydrogens is 180 g/mol. The number of thioether (sulfide) groups is 1. The average Bonchev–Trinajstić information content (AvgIpc) is 2.03. The lowest BCUT2D eigenvalue weighted by molar-refractivity contribution is -0.114. The first-order valence-electron chi connectivity index (χ1n) is 3.55. The number of rotatable bonds is 5. The van der Waals surface area contributed by atoms with Gasteiger partial charge in [0.1, 0.15) is 0 Å². The Morgan fingerprint density at radius 3 is 2.64 bits per heavy atom. The number of allylic oxidation sites excluding steroid dienone is 2. The second-order valence-corrected chi connectivity index (χ2v) is 3.30. The van der Waals surface area contributed by atoms with Crippen molar-refractivity contribution in [2.75, 3.05) is 12.1 Å². The molecule has 0 N–H and O–H groups in total. The fourth-order valence-electron chi connectivity index (χ4n) is 0.743. The van der Waals surface area contributed by atoms with E-state index < -0.39 is 0 Å². The number of carbonyl (C=O) groups excluding carboxylic acids is 1. The van der Waals surface area contributed by atoms with Gasteiger partial charge < -0.3 is 0 Å². The highest BCUT2D eigenvalue weighted by Gasteiger charge is 2.05. The first kappa shape index (κ1) is 11.1. The highest BCUT2D eigenvalue weighted by Crippen LogP contribution is 2.14. The van der Waals surface area contributed by atoms with Crippen molar-refractivity contribution < 1.29 is 4.79 Å². The molecule has 0 spiro atoms. The molecule has 0 saturated heterocycles. The van der Waals surface area contributed by atoms with Crippen LogP contribution in [0.5, 0.6) is 0 Å². The second-order valence-electron chi connectivity index (χ2n) is 2.07. The van der Waals surface area contributed by atoms with E-state index in [1.165, 1.54) is 11.8 Å². The van der Waals surface area contributed by atoms with Gasteiger partial charge in [0.2, 0.25) is 0 Å². The Balaban J connectivity index is 3.81. The van der Waals surface area contributed by atoms with E-state index in [1.54, 1.807) is 0 Å². The topological polar surface area (TPSA) is 17.1 Å². The van der Waals surface area contributed by atoms with Crippen LogP contribution in [-0.2, 0) is 4.79 Å². The van der Waals surface area contributed by atoms with Gasteiger partial charge in [-0.1, -0.05) is 6.08 Å². The van der Waals surface area contributed by atoms with Gasteiger partial charge in [-0.25, -0.2) is 0 Å². The molecule has 0 aromatic carbocycles. The molecule has 0 aliphatic rings. The van der Waals surface area contributed by atoms with Crippen molar-refractivity contribution in [2.24, 2.45) is 0 Å². The van der Waals surface area contributed by atoms with Gasteiger partial charge >= 0.3 is 0 Å². The summed E-state index contributed by atoms with van der Waals surface area (Å²) < 4.78 is 0. The standard InChI is InChI=1S/C8H13ClOS/c1-3-8(11-2)7(10)5-4-6-9/h3H,4-6H2,1-2H3/b8-3-. The minimum Gasteiger partial charge on any atom is -0.294 e. The van der Waals surface area contributed by atoms with E-state index in [1.807, 2.05) is 19.3 Å². The molecule has 0 radical (unpaired) electrons. The summed E-state index contributed by atoms with van der Waals surface area (Å²) in [5.41, 5.74) is 0. The predicted octanol–water partition coefficient (Wildman–Crippen LogP) is 2.84. The molecule has 0 bridgehead atoms. The summed E-state index contributed by atoms with van der Waals surface area (Å²) in [4.78, 5) is 12.1. The Morgan fingerprint density at radius 2 is 2.27 bits per heavy atom. The molecule has 0 fully saturated rings. The summed E-state index contributed by atoms with van der Waals surface area (Å²) in [7, 11) is 0. The van der Waals surface area contributed by atoms with Crippen LogP contribution in [0.15, 0.2) is 11.0 Å². The number of ketones is 1. The maximum atomic E-state index is 11.2. The fourth-order valence-corrected chi connectivity index (χ4v) is 1.44. The fraction of sp³-hybridized carbons (Fsp3) is 0.625. The summed E-state index contributed by atoms with van der Waals surface area (Å²) in [6.45, 7) is 1.88. The van der Waals surface area contributed by atoms with Crippen LogP contribution >= 0.6 is 23.4 Å². The second kappa shape index (κ2) is 6.74. The van der Waals surface area contributed by atoms with E-state index in [9.17, 15) is 4.79 Å². The predicted molar refractivity (Wildman–Crippen MR) is 52.2 cm³/mol. The zero-order chi connectivity index (χ0) is 8.69. The molecule has 0 heterocycles. The molecule has 0 amide bonds. The molecular formula is C8H13ClOS. The lowest BCUT2D eigenvalue weighted by Crippen LogP contribution is -1.99. The zero-order valence-electron chi connectivity index (χ0n) is 6.89. The van der Waals surface area contributed by atoms with E-state index in [4.69, 9.17) is 11.6 Å². The van der Waals surface area contributed by atoms with Gasteiger partial charge in [0.25, 0.3) is 0 Å². The molecule has 0 aromatic rings. The highest BCUT2D eigenvalue weighted by atomic mass is 35.5. The van der Waals surface area contributed by atoms with Crippen LogP contribution in [0.4, 0.5) is 0 Å². The van der Waals surface area contributed by atoms with Crippen molar-refractivity contribution in [3.8, 4) is 0 Å². The van der Waals surface area contributed by atoms with Crippen LogP contribution in [0.3, 0.4) is 0 Å². The van der Waals surface area contributed by atoms with Crippen molar-refractivity contribution in [1.29, 1.82) is 0 Å². The maximum absolute atomic E-state index is 11.2. The number of hydrogen-bond donors (Lipinski definition) is 0. The Bertz CT molecular complexity index is 154. The van der Waals surface area contributed by atoms with Gasteiger partial charge in [-0.05, 0) is 19.6 Å². The largest absolute Gasteiger partial charge is 0.294 e. The minimum absolute atomic E-state index is 0.209. The van der Waals surface area contributed by atoms with Crippen molar-refractivity contribution in [1.82, 2.24) is 0 Å². The molecule has 64 valence electrons. The third kappa shape index (κ3) is 4.49. The number of alkyl halides is 1. The summed E-state index contributed by atoms with van der Waals surface area (Å²) in [6, 6.07) is 0. The highest BCUT2D eigenvalue weighted by molar-refractivity contribution is 8.03. The molecule has 0 atom stereocenters. The van der Waals surface area contributed by atoms with Crippen LogP contribution in [0.2, 0.25) is 0 Å². The Kier molecular flexibility index (Phi) is 6.77. The third-order valence-electron chi connectivity index (χ3n) is 1.29. The first-order chi connectivity index (χ1) is 5.26. The van der Waals surface area contributed by atoms with Crippen LogP contribution in [0.1, 0.15) is 19.8 Å². The normalized spacial score (nSPS) is 11.7.